The Labute approximate surface area is 176 Å². The third kappa shape index (κ3) is 3.95. The average molecular weight is 399 g/mol. The fraction of sp³-hybridized carbons (Fsp3) is 0.280. The van der Waals surface area contributed by atoms with Gasteiger partial charge in [-0.05, 0) is 30.5 Å². The molecule has 0 saturated heterocycles. The highest BCUT2D eigenvalue weighted by atomic mass is 16.5. The molecule has 5 heteroatoms. The summed E-state index contributed by atoms with van der Waals surface area (Å²) in [6, 6.07) is 17.9. The van der Waals surface area contributed by atoms with E-state index in [0.29, 0.717) is 0 Å². The van der Waals surface area contributed by atoms with Crippen molar-refractivity contribution in [1.29, 1.82) is 5.26 Å². The highest BCUT2D eigenvalue weighted by Crippen LogP contribution is 2.36. The van der Waals surface area contributed by atoms with Gasteiger partial charge in [0.05, 0.1) is 18.3 Å². The fourth-order valence-corrected chi connectivity index (χ4v) is 4.17. The zero-order valence-corrected chi connectivity index (χ0v) is 17.1. The van der Waals surface area contributed by atoms with Gasteiger partial charge in [0.2, 0.25) is 0 Å². The molecule has 1 aliphatic rings. The highest BCUT2D eigenvalue weighted by molar-refractivity contribution is 6.07. The zero-order valence-electron chi connectivity index (χ0n) is 17.1. The summed E-state index contributed by atoms with van der Waals surface area (Å²) in [6.45, 7) is 0. The number of aromatic amines is 1. The Balaban J connectivity index is 1.79. The molecule has 3 aromatic rings. The predicted octanol–water partition coefficient (Wildman–Crippen LogP) is 5.20. The monoisotopic (exact) mass is 399 g/mol. The number of hydrogen-bond donors (Lipinski definition) is 2. The topological polar surface area (TPSA) is 77.9 Å². The van der Waals surface area contributed by atoms with Crippen LogP contribution >= 0.6 is 0 Å². The van der Waals surface area contributed by atoms with Crippen LogP contribution in [0.1, 0.15) is 37.7 Å². The van der Waals surface area contributed by atoms with E-state index in [-0.39, 0.29) is 17.5 Å². The normalized spacial score (nSPS) is 15.0. The number of nitrogens with one attached hydrogen (secondary N) is 2. The number of carbonyl (C=O) groups is 1. The number of methoxy groups -OCH3 is 1. The van der Waals surface area contributed by atoms with Crippen molar-refractivity contribution in [3.8, 4) is 23.1 Å². The maximum absolute atomic E-state index is 12.8. The SMILES string of the molecule is COc1cccc2c(/C=C(\C#N)C(=O)NC3CCCCC3)c(-c3ccccc3)[nH]c12. The summed E-state index contributed by atoms with van der Waals surface area (Å²) < 4.78 is 5.51. The van der Waals surface area contributed by atoms with E-state index in [1.807, 2.05) is 48.5 Å². The first-order valence-corrected chi connectivity index (χ1v) is 10.4. The second-order valence-corrected chi connectivity index (χ2v) is 7.64. The van der Waals surface area contributed by atoms with Crippen molar-refractivity contribution >= 4 is 22.9 Å². The van der Waals surface area contributed by atoms with Crippen molar-refractivity contribution in [2.45, 2.75) is 38.1 Å². The molecule has 152 valence electrons. The number of ether oxygens (including phenoxy) is 1. The summed E-state index contributed by atoms with van der Waals surface area (Å²) in [5, 5.41) is 13.7. The van der Waals surface area contributed by atoms with E-state index >= 15 is 0 Å². The Hall–Kier alpha value is -3.52. The molecule has 1 saturated carbocycles. The lowest BCUT2D eigenvalue weighted by atomic mass is 9.95. The van der Waals surface area contributed by atoms with E-state index in [9.17, 15) is 10.1 Å². The van der Waals surface area contributed by atoms with Gasteiger partial charge in [0.25, 0.3) is 5.91 Å². The van der Waals surface area contributed by atoms with Crippen molar-refractivity contribution in [2.75, 3.05) is 7.11 Å². The second-order valence-electron chi connectivity index (χ2n) is 7.64. The van der Waals surface area contributed by atoms with Crippen molar-refractivity contribution in [1.82, 2.24) is 10.3 Å². The summed E-state index contributed by atoms with van der Waals surface area (Å²) in [7, 11) is 1.63. The number of nitriles is 1. The molecule has 4 rings (SSSR count). The minimum atomic E-state index is -0.305. The summed E-state index contributed by atoms with van der Waals surface area (Å²) >= 11 is 0. The minimum Gasteiger partial charge on any atom is -0.495 e. The average Bonchev–Trinajstić information content (AvgIpc) is 3.17. The van der Waals surface area contributed by atoms with Crippen LogP contribution in [0.3, 0.4) is 0 Å². The van der Waals surface area contributed by atoms with E-state index in [0.717, 1.165) is 59.2 Å². The van der Waals surface area contributed by atoms with E-state index in [2.05, 4.69) is 16.4 Å². The number of para-hydroxylation sites is 1. The van der Waals surface area contributed by atoms with Gasteiger partial charge in [-0.25, -0.2) is 0 Å². The van der Waals surface area contributed by atoms with E-state index in [1.165, 1.54) is 6.42 Å². The number of H-pyrrole nitrogens is 1. The maximum Gasteiger partial charge on any atom is 0.262 e. The smallest absolute Gasteiger partial charge is 0.262 e. The third-order valence-corrected chi connectivity index (χ3v) is 5.71. The molecule has 0 aliphatic heterocycles. The number of carbonyl (C=O) groups excluding carboxylic acids is 1. The van der Waals surface area contributed by atoms with Crippen molar-refractivity contribution < 1.29 is 9.53 Å². The van der Waals surface area contributed by atoms with Crippen LogP contribution in [0.2, 0.25) is 0 Å². The molecule has 1 heterocycles. The molecule has 1 aromatic heterocycles. The highest BCUT2D eigenvalue weighted by Gasteiger charge is 2.20. The van der Waals surface area contributed by atoms with Gasteiger partial charge >= 0.3 is 0 Å². The molecule has 0 radical (unpaired) electrons. The first-order valence-electron chi connectivity index (χ1n) is 10.4. The molecule has 0 spiro atoms. The van der Waals surface area contributed by atoms with Crippen LogP contribution in [0.15, 0.2) is 54.1 Å². The molecule has 0 atom stereocenters. The molecule has 2 N–H and O–H groups in total. The van der Waals surface area contributed by atoms with Crippen molar-refractivity contribution in [2.24, 2.45) is 0 Å². The van der Waals surface area contributed by atoms with Gasteiger partial charge in [-0.1, -0.05) is 61.7 Å². The first-order chi connectivity index (χ1) is 14.7. The quantitative estimate of drug-likeness (QED) is 0.457. The minimum absolute atomic E-state index is 0.112. The number of nitrogens with zero attached hydrogens (tertiary/aromatic N) is 1. The van der Waals surface area contributed by atoms with Gasteiger partial charge in [0.15, 0.2) is 0 Å². The van der Waals surface area contributed by atoms with Crippen LogP contribution in [0.5, 0.6) is 5.75 Å². The lowest BCUT2D eigenvalue weighted by Gasteiger charge is -2.22. The molecular formula is C25H25N3O2. The molecule has 1 amide bonds. The van der Waals surface area contributed by atoms with Crippen LogP contribution in [-0.4, -0.2) is 24.0 Å². The lowest BCUT2D eigenvalue weighted by Crippen LogP contribution is -2.36. The number of hydrogen-bond acceptors (Lipinski definition) is 3. The molecule has 0 unspecified atom stereocenters. The van der Waals surface area contributed by atoms with E-state index < -0.39 is 0 Å². The van der Waals surface area contributed by atoms with Crippen molar-refractivity contribution in [3.05, 3.63) is 59.7 Å². The summed E-state index contributed by atoms with van der Waals surface area (Å²) in [5.41, 5.74) is 3.60. The molecule has 1 fully saturated rings. The lowest BCUT2D eigenvalue weighted by molar-refractivity contribution is -0.117. The van der Waals surface area contributed by atoms with E-state index in [1.54, 1.807) is 13.2 Å². The fourth-order valence-electron chi connectivity index (χ4n) is 4.17. The Bertz CT molecular complexity index is 1120. The van der Waals surface area contributed by atoms with Gasteiger partial charge in [-0.2, -0.15) is 5.26 Å². The van der Waals surface area contributed by atoms with Crippen LogP contribution in [-0.2, 0) is 4.79 Å². The standard InChI is InChI=1S/C25H25N3O2/c1-30-22-14-8-13-20-21(23(28-24(20)22)17-9-4-2-5-10-17)15-18(16-26)25(29)27-19-11-6-3-7-12-19/h2,4-5,8-10,13-15,19,28H,3,6-7,11-12H2,1H3,(H,27,29)/b18-15+. The van der Waals surface area contributed by atoms with E-state index in [4.69, 9.17) is 4.74 Å². The largest absolute Gasteiger partial charge is 0.495 e. The second kappa shape index (κ2) is 8.87. The summed E-state index contributed by atoms with van der Waals surface area (Å²) in [5.74, 6) is 0.412. The summed E-state index contributed by atoms with van der Waals surface area (Å²) in [6.07, 6.45) is 7.10. The van der Waals surface area contributed by atoms with Crippen LogP contribution in [0.25, 0.3) is 28.2 Å². The Morgan fingerprint density at radius 1 is 1.13 bits per heavy atom. The Morgan fingerprint density at radius 2 is 1.90 bits per heavy atom. The Morgan fingerprint density at radius 3 is 2.60 bits per heavy atom. The van der Waals surface area contributed by atoms with Gasteiger partial charge in [0.1, 0.15) is 17.4 Å². The molecule has 5 nitrogen and oxygen atoms in total. The van der Waals surface area contributed by atoms with Crippen LogP contribution < -0.4 is 10.1 Å². The molecule has 30 heavy (non-hydrogen) atoms. The summed E-state index contributed by atoms with van der Waals surface area (Å²) in [4.78, 5) is 16.3. The number of amides is 1. The van der Waals surface area contributed by atoms with Gasteiger partial charge in [-0.3, -0.25) is 4.79 Å². The number of fused-ring (bicyclic) bond motifs is 1. The zero-order chi connectivity index (χ0) is 20.9. The van der Waals surface area contributed by atoms with Gasteiger partial charge < -0.3 is 15.0 Å². The molecule has 1 aliphatic carbocycles. The molecule has 0 bridgehead atoms. The van der Waals surface area contributed by atoms with Crippen LogP contribution in [0.4, 0.5) is 0 Å². The van der Waals surface area contributed by atoms with Gasteiger partial charge in [-0.15, -0.1) is 0 Å². The number of benzene rings is 2. The third-order valence-electron chi connectivity index (χ3n) is 5.71. The number of rotatable bonds is 5. The van der Waals surface area contributed by atoms with Crippen LogP contribution in [0, 0.1) is 11.3 Å². The molecule has 2 aromatic carbocycles. The first kappa shape index (κ1) is 19.8. The number of aromatic nitrogens is 1. The Kier molecular flexibility index (Phi) is 5.85. The van der Waals surface area contributed by atoms with Gasteiger partial charge in [0, 0.05) is 17.0 Å². The molecular weight excluding hydrogens is 374 g/mol. The van der Waals surface area contributed by atoms with Crippen molar-refractivity contribution in [3.63, 3.8) is 0 Å². The predicted molar refractivity (Wildman–Crippen MR) is 119 cm³/mol. The maximum atomic E-state index is 12.8.